The predicted molar refractivity (Wildman–Crippen MR) is 57.7 cm³/mol. The summed E-state index contributed by atoms with van der Waals surface area (Å²) in [6, 6.07) is 9.88. The number of benzene rings is 1. The second-order valence-corrected chi connectivity index (χ2v) is 4.15. The van der Waals surface area contributed by atoms with Crippen molar-refractivity contribution in [1.29, 1.82) is 0 Å². The summed E-state index contributed by atoms with van der Waals surface area (Å²) < 4.78 is 0. The van der Waals surface area contributed by atoms with Gasteiger partial charge in [-0.05, 0) is 6.92 Å². The van der Waals surface area contributed by atoms with Crippen LogP contribution in [-0.2, 0) is 0 Å². The molecule has 1 heterocycles. The molecule has 0 spiro atoms. The standard InChI is InChI=1S/C11H9NOS/c1-8-10(7-13)12-11(14-8)9-5-3-2-4-6-9/h2-7H,1H3. The van der Waals surface area contributed by atoms with E-state index in [-0.39, 0.29) is 0 Å². The van der Waals surface area contributed by atoms with Crippen LogP contribution in [-0.4, -0.2) is 11.3 Å². The van der Waals surface area contributed by atoms with Crippen molar-refractivity contribution in [2.45, 2.75) is 6.92 Å². The molecule has 2 aromatic rings. The van der Waals surface area contributed by atoms with Crippen LogP contribution in [0.3, 0.4) is 0 Å². The van der Waals surface area contributed by atoms with E-state index in [1.165, 1.54) is 0 Å². The van der Waals surface area contributed by atoms with Gasteiger partial charge in [0.2, 0.25) is 0 Å². The van der Waals surface area contributed by atoms with E-state index in [9.17, 15) is 4.79 Å². The fourth-order valence-electron chi connectivity index (χ4n) is 1.22. The SMILES string of the molecule is Cc1sc(-c2ccccc2)nc1C=O. The molecule has 1 aromatic heterocycles. The third-order valence-corrected chi connectivity index (χ3v) is 3.00. The number of aryl methyl sites for hydroxylation is 1. The Morgan fingerprint density at radius 1 is 1.29 bits per heavy atom. The minimum atomic E-state index is 0.550. The van der Waals surface area contributed by atoms with Gasteiger partial charge in [0.15, 0.2) is 6.29 Å². The average Bonchev–Trinajstić information content (AvgIpc) is 2.61. The summed E-state index contributed by atoms with van der Waals surface area (Å²) in [5.41, 5.74) is 1.61. The first-order chi connectivity index (χ1) is 6.81. The van der Waals surface area contributed by atoms with Crippen molar-refractivity contribution in [3.8, 4) is 10.6 Å². The second kappa shape index (κ2) is 3.72. The summed E-state index contributed by atoms with van der Waals surface area (Å²) in [4.78, 5) is 15.8. The minimum Gasteiger partial charge on any atom is -0.296 e. The maximum Gasteiger partial charge on any atom is 0.169 e. The lowest BCUT2D eigenvalue weighted by molar-refractivity contribution is 0.111. The van der Waals surface area contributed by atoms with Crippen molar-refractivity contribution >= 4 is 17.6 Å². The van der Waals surface area contributed by atoms with Crippen LogP contribution in [0.1, 0.15) is 15.4 Å². The molecule has 0 amide bonds. The molecular weight excluding hydrogens is 194 g/mol. The lowest BCUT2D eigenvalue weighted by Crippen LogP contribution is -1.81. The monoisotopic (exact) mass is 203 g/mol. The highest BCUT2D eigenvalue weighted by molar-refractivity contribution is 7.15. The highest BCUT2D eigenvalue weighted by atomic mass is 32.1. The molecule has 3 heteroatoms. The van der Waals surface area contributed by atoms with Crippen LogP contribution in [0, 0.1) is 6.92 Å². The highest BCUT2D eigenvalue weighted by Gasteiger charge is 2.07. The van der Waals surface area contributed by atoms with Crippen molar-refractivity contribution in [1.82, 2.24) is 4.98 Å². The molecule has 70 valence electrons. The molecule has 2 rings (SSSR count). The predicted octanol–water partition coefficient (Wildman–Crippen LogP) is 2.93. The number of aromatic nitrogens is 1. The van der Waals surface area contributed by atoms with Crippen LogP contribution in [0.4, 0.5) is 0 Å². The van der Waals surface area contributed by atoms with Crippen LogP contribution < -0.4 is 0 Å². The van der Waals surface area contributed by atoms with E-state index in [0.29, 0.717) is 5.69 Å². The molecule has 0 atom stereocenters. The van der Waals surface area contributed by atoms with E-state index in [1.807, 2.05) is 37.3 Å². The molecule has 0 aliphatic heterocycles. The van der Waals surface area contributed by atoms with Crippen molar-refractivity contribution in [2.24, 2.45) is 0 Å². The molecule has 14 heavy (non-hydrogen) atoms. The van der Waals surface area contributed by atoms with E-state index in [1.54, 1.807) is 11.3 Å². The summed E-state index contributed by atoms with van der Waals surface area (Å²) in [6.07, 6.45) is 0.804. The van der Waals surface area contributed by atoms with E-state index >= 15 is 0 Å². The topological polar surface area (TPSA) is 30.0 Å². The molecule has 0 N–H and O–H groups in total. The number of thiazole rings is 1. The van der Waals surface area contributed by atoms with Gasteiger partial charge in [-0.3, -0.25) is 4.79 Å². The van der Waals surface area contributed by atoms with Gasteiger partial charge in [-0.25, -0.2) is 4.98 Å². The van der Waals surface area contributed by atoms with Gasteiger partial charge in [-0.15, -0.1) is 11.3 Å². The molecule has 0 fully saturated rings. The van der Waals surface area contributed by atoms with Gasteiger partial charge < -0.3 is 0 Å². The van der Waals surface area contributed by atoms with Gasteiger partial charge in [-0.2, -0.15) is 0 Å². The first-order valence-electron chi connectivity index (χ1n) is 4.29. The Labute approximate surface area is 86.2 Å². The Hall–Kier alpha value is -1.48. The molecule has 1 aromatic carbocycles. The molecule has 0 unspecified atom stereocenters. The molecular formula is C11H9NOS. The first kappa shape index (κ1) is 9.09. The van der Waals surface area contributed by atoms with E-state index < -0.39 is 0 Å². The van der Waals surface area contributed by atoms with Crippen LogP contribution >= 0.6 is 11.3 Å². The van der Waals surface area contributed by atoms with E-state index in [2.05, 4.69) is 4.98 Å². The summed E-state index contributed by atoms with van der Waals surface area (Å²) in [7, 11) is 0. The van der Waals surface area contributed by atoms with E-state index in [4.69, 9.17) is 0 Å². The van der Waals surface area contributed by atoms with Crippen molar-refractivity contribution in [3.05, 3.63) is 40.9 Å². The fraction of sp³-hybridized carbons (Fsp3) is 0.0909. The van der Waals surface area contributed by atoms with Crippen LogP contribution in [0.2, 0.25) is 0 Å². The Balaban J connectivity index is 2.48. The number of rotatable bonds is 2. The summed E-state index contributed by atoms with van der Waals surface area (Å²) in [5.74, 6) is 0. The minimum absolute atomic E-state index is 0.550. The highest BCUT2D eigenvalue weighted by Crippen LogP contribution is 2.26. The maximum absolute atomic E-state index is 10.6. The lowest BCUT2D eigenvalue weighted by Gasteiger charge is -1.92. The van der Waals surface area contributed by atoms with Gasteiger partial charge in [0.1, 0.15) is 10.7 Å². The Morgan fingerprint density at radius 3 is 2.57 bits per heavy atom. The van der Waals surface area contributed by atoms with Crippen molar-refractivity contribution in [3.63, 3.8) is 0 Å². The zero-order valence-corrected chi connectivity index (χ0v) is 8.54. The Bertz CT molecular complexity index is 448. The quantitative estimate of drug-likeness (QED) is 0.702. The number of carbonyl (C=O) groups is 1. The molecule has 0 bridgehead atoms. The van der Waals surface area contributed by atoms with Crippen LogP contribution in [0.5, 0.6) is 0 Å². The summed E-state index contributed by atoms with van der Waals surface area (Å²) >= 11 is 1.55. The molecule has 0 aliphatic rings. The third-order valence-electron chi connectivity index (χ3n) is 1.96. The van der Waals surface area contributed by atoms with Crippen molar-refractivity contribution in [2.75, 3.05) is 0 Å². The number of hydrogen-bond donors (Lipinski definition) is 0. The Kier molecular flexibility index (Phi) is 2.41. The molecule has 0 aliphatic carbocycles. The summed E-state index contributed by atoms with van der Waals surface area (Å²) in [5, 5.41) is 0.908. The average molecular weight is 203 g/mol. The zero-order valence-electron chi connectivity index (χ0n) is 7.73. The normalized spacial score (nSPS) is 10.1. The molecule has 0 saturated carbocycles. The van der Waals surface area contributed by atoms with Gasteiger partial charge in [0, 0.05) is 10.4 Å². The van der Waals surface area contributed by atoms with Gasteiger partial charge in [0.25, 0.3) is 0 Å². The van der Waals surface area contributed by atoms with Gasteiger partial charge in [-0.1, -0.05) is 30.3 Å². The first-order valence-corrected chi connectivity index (χ1v) is 5.11. The molecule has 0 saturated heterocycles. The van der Waals surface area contributed by atoms with E-state index in [0.717, 1.165) is 21.7 Å². The number of aldehydes is 1. The van der Waals surface area contributed by atoms with Gasteiger partial charge in [0.05, 0.1) is 0 Å². The maximum atomic E-state index is 10.6. The second-order valence-electron chi connectivity index (χ2n) is 2.94. The van der Waals surface area contributed by atoms with Crippen LogP contribution in [0.15, 0.2) is 30.3 Å². The molecule has 2 nitrogen and oxygen atoms in total. The zero-order chi connectivity index (χ0) is 9.97. The summed E-state index contributed by atoms with van der Waals surface area (Å²) in [6.45, 7) is 1.91. The number of carbonyl (C=O) groups excluding carboxylic acids is 1. The largest absolute Gasteiger partial charge is 0.296 e. The van der Waals surface area contributed by atoms with Crippen molar-refractivity contribution < 1.29 is 4.79 Å². The fourth-order valence-corrected chi connectivity index (χ4v) is 2.11. The Morgan fingerprint density at radius 2 is 2.00 bits per heavy atom. The number of hydrogen-bond acceptors (Lipinski definition) is 3. The number of nitrogens with zero attached hydrogens (tertiary/aromatic N) is 1. The smallest absolute Gasteiger partial charge is 0.169 e. The third kappa shape index (κ3) is 1.59. The molecule has 0 radical (unpaired) electrons. The van der Waals surface area contributed by atoms with Gasteiger partial charge >= 0.3 is 0 Å². The van der Waals surface area contributed by atoms with Crippen LogP contribution in [0.25, 0.3) is 10.6 Å². The lowest BCUT2D eigenvalue weighted by atomic mass is 10.2.